The van der Waals surface area contributed by atoms with E-state index in [0.29, 0.717) is 0 Å². The Balaban J connectivity index is 0. The van der Waals surface area contributed by atoms with Crippen molar-refractivity contribution in [3.8, 4) is 0 Å². The van der Waals surface area contributed by atoms with Crippen LogP contribution in [0.25, 0.3) is 0 Å². The Hall–Kier alpha value is 0.604. The van der Waals surface area contributed by atoms with Crippen LogP contribution in [0.1, 0.15) is 13.8 Å². The van der Waals surface area contributed by atoms with Crippen LogP contribution < -0.4 is 4.89 Å². The Labute approximate surface area is 70.5 Å². The van der Waals surface area contributed by atoms with Crippen molar-refractivity contribution in [1.29, 1.82) is 0 Å². The molecule has 0 aromatic heterocycles. The van der Waals surface area contributed by atoms with Crippen molar-refractivity contribution >= 4 is 7.82 Å². The molecule has 0 amide bonds. The van der Waals surface area contributed by atoms with Crippen LogP contribution in [-0.4, -0.2) is 13.2 Å². The summed E-state index contributed by atoms with van der Waals surface area (Å²) in [6.45, 7) is 3.43. The van der Waals surface area contributed by atoms with Crippen LogP contribution in [0.3, 0.4) is 0 Å². The molecule has 1 radical (unpaired) electrons. The standard InChI is InChI=1S/C4H11O4P.Ni/c1-3-7-9(5,6)8-4-2;/h3-4H2,1-2H3,(H,5,6);/q;+1/p-1. The first kappa shape index (κ1) is 13.2. The van der Waals surface area contributed by atoms with Crippen molar-refractivity contribution in [2.24, 2.45) is 0 Å². The molecule has 0 aromatic carbocycles. The summed E-state index contributed by atoms with van der Waals surface area (Å²) >= 11 is 0. The molecular formula is C4H10NiO4P. The summed E-state index contributed by atoms with van der Waals surface area (Å²) < 4.78 is 18.9. The van der Waals surface area contributed by atoms with Gasteiger partial charge in [0.25, 0.3) is 7.82 Å². The third kappa shape index (κ3) is 6.72. The van der Waals surface area contributed by atoms with Gasteiger partial charge >= 0.3 is 16.5 Å². The molecule has 0 aliphatic carbocycles. The van der Waals surface area contributed by atoms with E-state index in [1.54, 1.807) is 13.8 Å². The fourth-order valence-electron chi connectivity index (χ4n) is 0.353. The number of phosphoric acid groups is 1. The van der Waals surface area contributed by atoms with Gasteiger partial charge in [0, 0.05) is 0 Å². The first-order chi connectivity index (χ1) is 4.12. The topological polar surface area (TPSA) is 58.6 Å². The maximum absolute atomic E-state index is 10.4. The molecule has 0 bridgehead atoms. The largest absolute Gasteiger partial charge is 1.00 e. The van der Waals surface area contributed by atoms with Gasteiger partial charge in [0.15, 0.2) is 0 Å². The molecular weight excluding hydrogens is 202 g/mol. The van der Waals surface area contributed by atoms with E-state index in [2.05, 4.69) is 9.05 Å². The molecule has 0 saturated heterocycles. The van der Waals surface area contributed by atoms with E-state index in [9.17, 15) is 9.46 Å². The van der Waals surface area contributed by atoms with Crippen LogP contribution in [0, 0.1) is 0 Å². The van der Waals surface area contributed by atoms with E-state index in [1.165, 1.54) is 0 Å². The second kappa shape index (κ2) is 6.32. The van der Waals surface area contributed by atoms with Gasteiger partial charge < -0.3 is 13.9 Å². The molecule has 4 nitrogen and oxygen atoms in total. The van der Waals surface area contributed by atoms with E-state index < -0.39 is 7.82 Å². The van der Waals surface area contributed by atoms with Crippen molar-refractivity contribution in [3.63, 3.8) is 0 Å². The fraction of sp³-hybridized carbons (Fsp3) is 1.00. The first-order valence-corrected chi connectivity index (χ1v) is 4.18. The molecule has 0 N–H and O–H groups in total. The van der Waals surface area contributed by atoms with Gasteiger partial charge in [-0.3, -0.25) is 4.57 Å². The predicted octanol–water partition coefficient (Wildman–Crippen LogP) is 0.525. The van der Waals surface area contributed by atoms with E-state index in [0.717, 1.165) is 0 Å². The number of rotatable bonds is 4. The van der Waals surface area contributed by atoms with Gasteiger partial charge in [-0.2, -0.15) is 0 Å². The van der Waals surface area contributed by atoms with Crippen molar-refractivity contribution in [2.75, 3.05) is 13.2 Å². The van der Waals surface area contributed by atoms with Crippen molar-refractivity contribution < 1.29 is 35.0 Å². The molecule has 0 spiro atoms. The zero-order valence-corrected chi connectivity index (χ0v) is 7.69. The Morgan fingerprint density at radius 3 is 1.80 bits per heavy atom. The molecule has 0 aromatic rings. The Bertz CT molecular complexity index is 108. The molecule has 0 saturated carbocycles. The molecule has 0 atom stereocenters. The second-order valence-electron chi connectivity index (χ2n) is 1.28. The van der Waals surface area contributed by atoms with Gasteiger partial charge in [-0.05, 0) is 13.8 Å². The number of hydrogen-bond acceptors (Lipinski definition) is 4. The predicted molar refractivity (Wildman–Crippen MR) is 30.9 cm³/mol. The van der Waals surface area contributed by atoms with Crippen LogP contribution >= 0.6 is 7.82 Å². The Morgan fingerprint density at radius 2 is 1.60 bits per heavy atom. The van der Waals surface area contributed by atoms with Crippen molar-refractivity contribution in [1.82, 2.24) is 0 Å². The fourth-order valence-corrected chi connectivity index (χ4v) is 1.06. The van der Waals surface area contributed by atoms with E-state index in [1.807, 2.05) is 0 Å². The zero-order chi connectivity index (χ0) is 7.33. The summed E-state index contributed by atoms with van der Waals surface area (Å²) in [4.78, 5) is 10.4. The summed E-state index contributed by atoms with van der Waals surface area (Å²) in [5.41, 5.74) is 0. The smallest absolute Gasteiger partial charge is 0.756 e. The molecule has 0 aliphatic heterocycles. The molecule has 0 heterocycles. The van der Waals surface area contributed by atoms with Gasteiger partial charge in [-0.25, -0.2) is 0 Å². The molecule has 0 aliphatic rings. The van der Waals surface area contributed by atoms with Gasteiger partial charge in [0.2, 0.25) is 0 Å². The Kier molecular flexibility index (Phi) is 8.35. The molecule has 0 fully saturated rings. The SMILES string of the molecule is CCOP(=O)([O-])OCC.[Ni+]. The van der Waals surface area contributed by atoms with Crippen LogP contribution in [0.5, 0.6) is 0 Å². The van der Waals surface area contributed by atoms with Crippen molar-refractivity contribution in [2.45, 2.75) is 13.8 Å². The monoisotopic (exact) mass is 211 g/mol. The van der Waals surface area contributed by atoms with Gasteiger partial charge in [0.05, 0.1) is 13.2 Å². The van der Waals surface area contributed by atoms with E-state index in [4.69, 9.17) is 0 Å². The second-order valence-corrected chi connectivity index (χ2v) is 2.69. The minimum atomic E-state index is -3.94. The zero-order valence-electron chi connectivity index (χ0n) is 5.81. The van der Waals surface area contributed by atoms with Crippen LogP contribution in [0.2, 0.25) is 0 Å². The van der Waals surface area contributed by atoms with E-state index in [-0.39, 0.29) is 29.7 Å². The average Bonchev–Trinajstić information content (AvgIpc) is 1.64. The maximum Gasteiger partial charge on any atom is 1.00 e. The number of hydrogen-bond donors (Lipinski definition) is 0. The molecule has 0 rings (SSSR count). The normalized spacial score (nSPS) is 10.7. The minimum Gasteiger partial charge on any atom is -0.756 e. The molecule has 65 valence electrons. The quantitative estimate of drug-likeness (QED) is 0.503. The maximum atomic E-state index is 10.4. The molecule has 10 heavy (non-hydrogen) atoms. The summed E-state index contributed by atoms with van der Waals surface area (Å²) in [5, 5.41) is 0. The van der Waals surface area contributed by atoms with Gasteiger partial charge in [-0.1, -0.05) is 0 Å². The van der Waals surface area contributed by atoms with Crippen LogP contribution in [0.15, 0.2) is 0 Å². The van der Waals surface area contributed by atoms with Gasteiger partial charge in [0.1, 0.15) is 0 Å². The number of phosphoric ester groups is 1. The van der Waals surface area contributed by atoms with Crippen molar-refractivity contribution in [3.05, 3.63) is 0 Å². The summed E-state index contributed by atoms with van der Waals surface area (Å²) in [6.07, 6.45) is 0. The Morgan fingerprint density at radius 1 is 1.30 bits per heavy atom. The molecule has 6 heteroatoms. The average molecular weight is 212 g/mol. The first-order valence-electron chi connectivity index (χ1n) is 2.72. The molecule has 0 unspecified atom stereocenters. The third-order valence-electron chi connectivity index (χ3n) is 0.574. The van der Waals surface area contributed by atoms with Crippen LogP contribution in [-0.2, 0) is 30.1 Å². The minimum absolute atomic E-state index is 0. The summed E-state index contributed by atoms with van der Waals surface area (Å²) in [6, 6.07) is 0. The summed E-state index contributed by atoms with van der Waals surface area (Å²) in [7, 11) is -3.94. The van der Waals surface area contributed by atoms with Crippen LogP contribution in [0.4, 0.5) is 0 Å². The van der Waals surface area contributed by atoms with E-state index >= 15 is 0 Å². The third-order valence-corrected chi connectivity index (χ3v) is 1.72. The summed E-state index contributed by atoms with van der Waals surface area (Å²) in [5.74, 6) is 0. The van der Waals surface area contributed by atoms with Gasteiger partial charge in [-0.15, -0.1) is 0 Å².